The van der Waals surface area contributed by atoms with Crippen LogP contribution in [0.2, 0.25) is 0 Å². The average Bonchev–Trinajstić information content (AvgIpc) is 1.56. The maximum Gasteiger partial charge on any atom is 0.416 e. The lowest BCUT2D eigenvalue weighted by molar-refractivity contribution is -0.138. The molecule has 0 fully saturated rings. The molecule has 0 atom stereocenters. The summed E-state index contributed by atoms with van der Waals surface area (Å²) >= 11 is 0. The van der Waals surface area contributed by atoms with Crippen molar-refractivity contribution < 1.29 is 26.3 Å². The number of aromatic nitrogens is 4. The zero-order valence-electron chi connectivity index (χ0n) is 84.0. The third kappa shape index (κ3) is 15.6. The Hall–Kier alpha value is -17.3. The molecule has 22 rings (SSSR count). The molecule has 0 saturated carbocycles. The molecule has 0 unspecified atom stereocenters. The lowest BCUT2D eigenvalue weighted by Gasteiger charge is -2.22. The van der Waals surface area contributed by atoms with Crippen molar-refractivity contribution in [2.75, 3.05) is 0 Å². The Morgan fingerprint density at radius 3 is 0.863 bits per heavy atom. The standard InChI is InChI=1S/C132H100F6N8/c1-71-43-76(6)123(77(7)44-71)91-31-39-115-109(61-91)103-21-17-19-23-113(103)143(115)117-41-37-101(97-55-88(67-139)57-99(59-97)131(133,134)135)129(111(117)69-141)145-114-24-20-18-22-104(114)110-62-92(32-40-116(110)145)127-85(15)53-87(54-86(127)16)25-26-90-52-75(5)51-84(14)128(90)96-30-36-106-105-33-27-93(124-78(8)45-72(2)46-79(124)9)63-119(105)144(120(106)66-96)118-42-38-102(98-56-89(68-140)58-100(60-98)132(136,137)138)130(112(118)70-142)146-121-64-94(125-80(10)47-73(3)48-81(125)11)28-34-107(121)108-35-29-95(65-122(108)146)126-82(12)49-74(4)50-83(126)13/h17-24,27-66H,25-26H2,1-16H3. The van der Waals surface area contributed by atoms with Crippen molar-refractivity contribution in [3.63, 3.8) is 0 Å². The number of rotatable bonds is 15. The highest BCUT2D eigenvalue weighted by atomic mass is 19.4. The Morgan fingerprint density at radius 1 is 0.226 bits per heavy atom. The minimum Gasteiger partial charge on any atom is -0.308 e. The fraction of sp³-hybridized carbons (Fsp3) is 0.152. The molecule has 0 saturated heterocycles. The molecule has 8 nitrogen and oxygen atoms in total. The van der Waals surface area contributed by atoms with Crippen LogP contribution in [0.15, 0.2) is 291 Å². The van der Waals surface area contributed by atoms with Crippen LogP contribution in [-0.4, -0.2) is 18.3 Å². The average molecular weight is 1910 g/mol. The Kier molecular flexibility index (Phi) is 22.7. The van der Waals surface area contributed by atoms with E-state index < -0.39 is 23.5 Å². The second-order valence-electron chi connectivity index (χ2n) is 40.3. The van der Waals surface area contributed by atoms with Gasteiger partial charge in [0.15, 0.2) is 0 Å². The summed E-state index contributed by atoms with van der Waals surface area (Å²) < 4.78 is 101. The summed E-state index contributed by atoms with van der Waals surface area (Å²) in [4.78, 5) is 0. The van der Waals surface area contributed by atoms with Crippen LogP contribution in [0.4, 0.5) is 26.3 Å². The maximum absolute atomic E-state index is 15.7. The van der Waals surface area contributed by atoms with Gasteiger partial charge in [-0.3, -0.25) is 0 Å². The summed E-state index contributed by atoms with van der Waals surface area (Å²) in [6.07, 6.45) is -8.37. The van der Waals surface area contributed by atoms with Gasteiger partial charge < -0.3 is 18.3 Å². The Balaban J connectivity index is 0.696. The summed E-state index contributed by atoms with van der Waals surface area (Å²) in [7, 11) is 0. The van der Waals surface area contributed by atoms with Gasteiger partial charge in [0.1, 0.15) is 23.3 Å². The third-order valence-electron chi connectivity index (χ3n) is 30.0. The fourth-order valence-corrected chi connectivity index (χ4v) is 24.8. The molecule has 18 aromatic carbocycles. The summed E-state index contributed by atoms with van der Waals surface area (Å²) in [5.74, 6) is 0. The van der Waals surface area contributed by atoms with Crippen LogP contribution in [0.5, 0.6) is 0 Å². The minimum absolute atomic E-state index is 0.107. The first kappa shape index (κ1) is 93.7. The van der Waals surface area contributed by atoms with E-state index in [0.717, 1.165) is 262 Å². The van der Waals surface area contributed by atoms with Crippen LogP contribution in [0.25, 0.3) is 199 Å². The molecule has 0 bridgehead atoms. The van der Waals surface area contributed by atoms with Crippen LogP contribution in [0, 0.1) is 156 Å². The molecular weight excluding hydrogens is 1810 g/mol. The summed E-state index contributed by atoms with van der Waals surface area (Å²) in [5.41, 5.74) is 38.6. The zero-order valence-corrected chi connectivity index (χ0v) is 84.0. The topological polar surface area (TPSA) is 115 Å². The first-order chi connectivity index (χ1) is 70.0. The third-order valence-corrected chi connectivity index (χ3v) is 30.0. The van der Waals surface area contributed by atoms with E-state index in [-0.39, 0.29) is 33.4 Å². The van der Waals surface area contributed by atoms with Crippen molar-refractivity contribution in [2.24, 2.45) is 0 Å². The SMILES string of the molecule is Cc1cc(C)c(-c2ccc3c(c2)c2ccccc2n3-c2ccc(-c3cc(C#N)cc(C(F)(F)F)c3)c(-n3c4ccccc4c4cc(-c5c(C)cc(CCc6cc(C)cc(C)c6-c6ccc7c8ccc(-c9c(C)cc(C)cc9C)cc8n(-c8ccc(-c9cc(C#N)cc(C(F)(F)F)c9)c(-n9c%10cc(-c%11c(C)cc(C)cc%11C)ccc%10c%10ccc(-c%11c(C)cc(C)cc%11C)cc%109)c8C#N)c7c6)cc5C)ccc43)c2C#N)c(C)c1. The Morgan fingerprint density at radius 2 is 0.507 bits per heavy atom. The lowest BCUT2D eigenvalue weighted by atomic mass is 9.88. The molecule has 4 aromatic heterocycles. The fourth-order valence-electron chi connectivity index (χ4n) is 24.8. The number of nitriles is 4. The van der Waals surface area contributed by atoms with E-state index in [0.29, 0.717) is 57.8 Å². The molecule has 0 radical (unpaired) electrons. The van der Waals surface area contributed by atoms with E-state index in [1.165, 1.54) is 17.7 Å². The van der Waals surface area contributed by atoms with E-state index in [1.807, 2.05) is 77.4 Å². The molecule has 22 aromatic rings. The van der Waals surface area contributed by atoms with Crippen molar-refractivity contribution in [1.82, 2.24) is 18.3 Å². The van der Waals surface area contributed by atoms with Gasteiger partial charge in [0.25, 0.3) is 0 Å². The van der Waals surface area contributed by atoms with Crippen LogP contribution in [0.3, 0.4) is 0 Å². The molecule has 146 heavy (non-hydrogen) atoms. The van der Waals surface area contributed by atoms with Gasteiger partial charge >= 0.3 is 12.4 Å². The second-order valence-corrected chi connectivity index (χ2v) is 40.3. The van der Waals surface area contributed by atoms with Crippen molar-refractivity contribution in [3.05, 3.63) is 425 Å². The molecule has 0 aliphatic rings. The maximum atomic E-state index is 15.7. The minimum atomic E-state index is -4.85. The molecule has 0 aliphatic heterocycles. The van der Waals surface area contributed by atoms with Crippen molar-refractivity contribution in [3.8, 4) is 136 Å². The van der Waals surface area contributed by atoms with Crippen LogP contribution in [0.1, 0.15) is 134 Å². The highest BCUT2D eigenvalue weighted by Gasteiger charge is 2.36. The highest BCUT2D eigenvalue weighted by Crippen LogP contribution is 2.52. The number of alkyl halides is 6. The van der Waals surface area contributed by atoms with Gasteiger partial charge in [-0.15, -0.1) is 0 Å². The van der Waals surface area contributed by atoms with Crippen LogP contribution >= 0.6 is 0 Å². The van der Waals surface area contributed by atoms with Crippen molar-refractivity contribution >= 4 is 87.2 Å². The number of para-hydroxylation sites is 2. The monoisotopic (exact) mass is 1910 g/mol. The van der Waals surface area contributed by atoms with Crippen LogP contribution in [-0.2, 0) is 25.2 Å². The molecule has 0 N–H and O–H groups in total. The first-order valence-electron chi connectivity index (χ1n) is 49.2. The second kappa shape index (κ2) is 35.4. The zero-order chi connectivity index (χ0) is 102. The van der Waals surface area contributed by atoms with Gasteiger partial charge in [-0.25, -0.2) is 0 Å². The van der Waals surface area contributed by atoms with E-state index in [2.05, 4.69) is 325 Å². The molecular formula is C132H100F6N8. The largest absolute Gasteiger partial charge is 0.416 e. The van der Waals surface area contributed by atoms with E-state index in [1.54, 1.807) is 6.07 Å². The quantitative estimate of drug-likeness (QED) is 0.0951. The number of hydrogen-bond acceptors (Lipinski definition) is 4. The summed E-state index contributed by atoms with van der Waals surface area (Å²) in [6.45, 7) is 33.9. The number of nitrogens with zero attached hydrogens (tertiary/aromatic N) is 8. The number of halogens is 6. The number of fused-ring (bicyclic) bond motifs is 12. The predicted octanol–water partition coefficient (Wildman–Crippen LogP) is 35.7. The van der Waals surface area contributed by atoms with Gasteiger partial charge in [0.05, 0.1) is 101 Å². The van der Waals surface area contributed by atoms with Crippen molar-refractivity contribution in [1.29, 1.82) is 21.0 Å². The molecule has 4 heterocycles. The van der Waals surface area contributed by atoms with Gasteiger partial charge in [-0.05, 0) is 383 Å². The number of benzene rings is 18. The highest BCUT2D eigenvalue weighted by molar-refractivity contribution is 6.17. The molecule has 0 amide bonds. The summed E-state index contributed by atoms with van der Waals surface area (Å²) in [5, 5.41) is 53.4. The normalized spacial score (nSPS) is 11.9. The molecule has 14 heteroatoms. The number of hydrogen-bond donors (Lipinski definition) is 0. The van der Waals surface area contributed by atoms with Gasteiger partial charge in [-0.2, -0.15) is 47.4 Å². The van der Waals surface area contributed by atoms with Crippen LogP contribution < -0.4 is 0 Å². The molecule has 0 aliphatic carbocycles. The van der Waals surface area contributed by atoms with Gasteiger partial charge in [0, 0.05) is 54.2 Å². The smallest absolute Gasteiger partial charge is 0.308 e. The van der Waals surface area contributed by atoms with E-state index >= 15 is 26.3 Å². The number of aryl methyl sites for hydroxylation is 18. The predicted molar refractivity (Wildman–Crippen MR) is 586 cm³/mol. The van der Waals surface area contributed by atoms with Gasteiger partial charge in [0.2, 0.25) is 0 Å². The molecule has 710 valence electrons. The van der Waals surface area contributed by atoms with E-state index in [4.69, 9.17) is 0 Å². The Labute approximate surface area is 844 Å². The van der Waals surface area contributed by atoms with Gasteiger partial charge in [-0.1, -0.05) is 210 Å². The van der Waals surface area contributed by atoms with Crippen molar-refractivity contribution in [2.45, 2.75) is 136 Å². The lowest BCUT2D eigenvalue weighted by Crippen LogP contribution is -2.08. The Bertz CT molecular complexity index is 9430. The summed E-state index contributed by atoms with van der Waals surface area (Å²) in [6, 6.07) is 105. The first-order valence-corrected chi connectivity index (χ1v) is 49.2. The molecule has 0 spiro atoms. The van der Waals surface area contributed by atoms with E-state index in [9.17, 15) is 21.0 Å².